The average molecular weight is 233 g/mol. The van der Waals surface area contributed by atoms with Gasteiger partial charge < -0.3 is 4.74 Å². The Morgan fingerprint density at radius 1 is 1.35 bits per heavy atom. The number of benzene rings is 1. The van der Waals surface area contributed by atoms with Crippen molar-refractivity contribution in [2.75, 3.05) is 6.61 Å². The van der Waals surface area contributed by atoms with E-state index >= 15 is 0 Å². The highest BCUT2D eigenvalue weighted by atomic mass is 16.5. The van der Waals surface area contributed by atoms with Crippen LogP contribution in [-0.2, 0) is 9.53 Å². The molecular formula is C14H19NO2. The van der Waals surface area contributed by atoms with Crippen LogP contribution in [0.25, 0.3) is 0 Å². The summed E-state index contributed by atoms with van der Waals surface area (Å²) in [5.74, 6) is -0.122. The van der Waals surface area contributed by atoms with Gasteiger partial charge in [0.05, 0.1) is 6.61 Å². The van der Waals surface area contributed by atoms with Gasteiger partial charge >= 0.3 is 5.97 Å². The molecule has 0 spiro atoms. The minimum Gasteiger partial charge on any atom is -0.464 e. The largest absolute Gasteiger partial charge is 0.464 e. The number of hydrogen-bond acceptors (Lipinski definition) is 3. The number of ether oxygens (including phenoxy) is 1. The lowest BCUT2D eigenvalue weighted by Gasteiger charge is -2.14. The predicted molar refractivity (Wildman–Crippen MR) is 69.3 cm³/mol. The molecule has 17 heavy (non-hydrogen) atoms. The van der Waals surface area contributed by atoms with Crippen LogP contribution >= 0.6 is 0 Å². The van der Waals surface area contributed by atoms with Gasteiger partial charge in [-0.15, -0.1) is 0 Å². The second-order valence-electron chi connectivity index (χ2n) is 4.13. The van der Waals surface area contributed by atoms with Crippen molar-refractivity contribution in [1.29, 1.82) is 0 Å². The molecule has 0 fully saturated rings. The molecule has 0 radical (unpaired) electrons. The highest BCUT2D eigenvalue weighted by Crippen LogP contribution is 2.09. The van der Waals surface area contributed by atoms with Crippen LogP contribution in [0.15, 0.2) is 35.3 Å². The van der Waals surface area contributed by atoms with E-state index in [9.17, 15) is 4.79 Å². The van der Waals surface area contributed by atoms with E-state index in [-0.39, 0.29) is 11.9 Å². The Morgan fingerprint density at radius 3 is 2.53 bits per heavy atom. The molecule has 1 aromatic carbocycles. The molecule has 0 N–H and O–H groups in total. The number of carbonyl (C=O) groups excluding carboxylic acids is 1. The Balaban J connectivity index is 2.73. The van der Waals surface area contributed by atoms with Gasteiger partial charge in [0.1, 0.15) is 6.04 Å². The van der Waals surface area contributed by atoms with Crippen LogP contribution in [0.2, 0.25) is 0 Å². The van der Waals surface area contributed by atoms with Crippen LogP contribution < -0.4 is 0 Å². The molecule has 0 saturated heterocycles. The highest BCUT2D eigenvalue weighted by Gasteiger charge is 2.21. The molecule has 1 rings (SSSR count). The Hall–Kier alpha value is -1.64. The Kier molecular flexibility index (Phi) is 5.40. The van der Waals surface area contributed by atoms with Gasteiger partial charge in [-0.25, -0.2) is 4.79 Å². The molecule has 0 amide bonds. The summed E-state index contributed by atoms with van der Waals surface area (Å²) in [4.78, 5) is 16.0. The summed E-state index contributed by atoms with van der Waals surface area (Å²) >= 11 is 0. The number of carbonyl (C=O) groups is 1. The first kappa shape index (κ1) is 13.4. The van der Waals surface area contributed by atoms with Crippen LogP contribution in [0.4, 0.5) is 0 Å². The normalized spacial score (nSPS) is 12.9. The van der Waals surface area contributed by atoms with Crippen LogP contribution in [0, 0.1) is 5.92 Å². The van der Waals surface area contributed by atoms with E-state index in [2.05, 4.69) is 4.99 Å². The topological polar surface area (TPSA) is 38.7 Å². The van der Waals surface area contributed by atoms with E-state index in [1.807, 2.05) is 44.2 Å². The van der Waals surface area contributed by atoms with Gasteiger partial charge in [-0.1, -0.05) is 44.2 Å². The molecule has 1 aromatic rings. The average Bonchev–Trinajstić information content (AvgIpc) is 2.30. The maximum Gasteiger partial charge on any atom is 0.331 e. The van der Waals surface area contributed by atoms with Crippen molar-refractivity contribution < 1.29 is 9.53 Å². The van der Waals surface area contributed by atoms with Crippen LogP contribution in [0.1, 0.15) is 26.3 Å². The molecule has 0 aromatic heterocycles. The molecule has 0 aliphatic rings. The lowest BCUT2D eigenvalue weighted by Crippen LogP contribution is -2.27. The Labute approximate surface area is 103 Å². The van der Waals surface area contributed by atoms with Crippen molar-refractivity contribution in [3.05, 3.63) is 35.9 Å². The van der Waals surface area contributed by atoms with Crippen LogP contribution in [-0.4, -0.2) is 24.8 Å². The molecule has 0 unspecified atom stereocenters. The van der Waals surface area contributed by atoms with Crippen LogP contribution in [0.5, 0.6) is 0 Å². The summed E-state index contributed by atoms with van der Waals surface area (Å²) in [6, 6.07) is 9.31. The fraction of sp³-hybridized carbons (Fsp3) is 0.429. The second-order valence-corrected chi connectivity index (χ2v) is 4.13. The summed E-state index contributed by atoms with van der Waals surface area (Å²) in [5, 5.41) is 0. The van der Waals surface area contributed by atoms with Gasteiger partial charge in [-0.05, 0) is 18.4 Å². The van der Waals surface area contributed by atoms with E-state index < -0.39 is 6.04 Å². The van der Waals surface area contributed by atoms with Crippen molar-refractivity contribution >= 4 is 12.2 Å². The first-order valence-corrected chi connectivity index (χ1v) is 5.90. The predicted octanol–water partition coefficient (Wildman–Crippen LogP) is 2.69. The van der Waals surface area contributed by atoms with Crippen LogP contribution in [0.3, 0.4) is 0 Å². The molecule has 3 heteroatoms. The van der Waals surface area contributed by atoms with Crippen molar-refractivity contribution in [1.82, 2.24) is 0 Å². The third-order valence-electron chi connectivity index (χ3n) is 2.34. The summed E-state index contributed by atoms with van der Waals surface area (Å²) in [6.45, 7) is 6.12. The molecule has 0 aliphatic carbocycles. The van der Waals surface area contributed by atoms with Gasteiger partial charge in [0.15, 0.2) is 0 Å². The molecule has 3 nitrogen and oxygen atoms in total. The molecule has 1 atom stereocenters. The number of nitrogens with zero attached hydrogens (tertiary/aromatic N) is 1. The summed E-state index contributed by atoms with van der Waals surface area (Å²) in [5.41, 5.74) is 0.988. The number of aliphatic imine (C=N–C) groups is 1. The quantitative estimate of drug-likeness (QED) is 0.579. The van der Waals surface area contributed by atoms with E-state index in [1.54, 1.807) is 13.1 Å². The van der Waals surface area contributed by atoms with Crippen molar-refractivity contribution in [3.63, 3.8) is 0 Å². The molecule has 0 aliphatic heterocycles. The fourth-order valence-corrected chi connectivity index (χ4v) is 1.44. The molecule has 0 saturated carbocycles. The second kappa shape index (κ2) is 6.84. The van der Waals surface area contributed by atoms with E-state index in [0.29, 0.717) is 6.61 Å². The zero-order valence-electron chi connectivity index (χ0n) is 10.6. The van der Waals surface area contributed by atoms with Gasteiger partial charge in [-0.3, -0.25) is 4.99 Å². The van der Waals surface area contributed by atoms with Gasteiger partial charge in [0, 0.05) is 6.21 Å². The third-order valence-corrected chi connectivity index (χ3v) is 2.34. The minimum atomic E-state index is -0.421. The zero-order chi connectivity index (χ0) is 12.7. The first-order valence-electron chi connectivity index (χ1n) is 5.90. The Bertz CT molecular complexity index is 371. The van der Waals surface area contributed by atoms with Gasteiger partial charge in [-0.2, -0.15) is 0 Å². The van der Waals surface area contributed by atoms with E-state index in [0.717, 1.165) is 5.56 Å². The molecule has 92 valence electrons. The van der Waals surface area contributed by atoms with Crippen molar-refractivity contribution in [2.45, 2.75) is 26.8 Å². The number of rotatable bonds is 5. The maximum atomic E-state index is 11.7. The Morgan fingerprint density at radius 2 is 2.00 bits per heavy atom. The maximum absolute atomic E-state index is 11.7. The zero-order valence-corrected chi connectivity index (χ0v) is 10.6. The fourth-order valence-electron chi connectivity index (χ4n) is 1.44. The third kappa shape index (κ3) is 4.39. The van der Waals surface area contributed by atoms with Gasteiger partial charge in [0.25, 0.3) is 0 Å². The number of esters is 1. The molecule has 0 bridgehead atoms. The minimum absolute atomic E-state index is 0.133. The van der Waals surface area contributed by atoms with Crippen molar-refractivity contribution in [2.24, 2.45) is 10.9 Å². The SMILES string of the molecule is CCOC(=O)[C@@H](N=Cc1ccccc1)C(C)C. The smallest absolute Gasteiger partial charge is 0.331 e. The van der Waals surface area contributed by atoms with Crippen molar-refractivity contribution in [3.8, 4) is 0 Å². The lowest BCUT2D eigenvalue weighted by molar-refractivity contribution is -0.145. The number of hydrogen-bond donors (Lipinski definition) is 0. The standard InChI is InChI=1S/C14H19NO2/c1-4-17-14(16)13(11(2)3)15-10-12-8-6-5-7-9-12/h5-11,13H,4H2,1-3H3/t13-/m0/s1. The molecular weight excluding hydrogens is 214 g/mol. The summed E-state index contributed by atoms with van der Waals surface area (Å²) in [6.07, 6.45) is 1.72. The lowest BCUT2D eigenvalue weighted by atomic mass is 10.1. The van der Waals surface area contributed by atoms with E-state index in [1.165, 1.54) is 0 Å². The molecule has 0 heterocycles. The summed E-state index contributed by atoms with van der Waals surface area (Å²) in [7, 11) is 0. The monoisotopic (exact) mass is 233 g/mol. The van der Waals surface area contributed by atoms with E-state index in [4.69, 9.17) is 4.74 Å². The van der Waals surface area contributed by atoms with Gasteiger partial charge in [0.2, 0.25) is 0 Å². The summed E-state index contributed by atoms with van der Waals surface area (Å²) < 4.78 is 5.00. The first-order chi connectivity index (χ1) is 8.15. The highest BCUT2D eigenvalue weighted by molar-refractivity contribution is 5.84.